The van der Waals surface area contributed by atoms with Gasteiger partial charge in [0.25, 0.3) is 5.91 Å². The highest BCUT2D eigenvalue weighted by Crippen LogP contribution is 2.25. The van der Waals surface area contributed by atoms with Gasteiger partial charge in [0.15, 0.2) is 0 Å². The number of thioether (sulfide) groups is 1. The predicted octanol–water partition coefficient (Wildman–Crippen LogP) is 4.92. The number of fused-ring (bicyclic) bond motifs is 1. The average Bonchev–Trinajstić information content (AvgIpc) is 2.78. The smallest absolute Gasteiger partial charge is 0.257 e. The zero-order valence-corrected chi connectivity index (χ0v) is 17.6. The third-order valence-corrected chi connectivity index (χ3v) is 5.49. The van der Waals surface area contributed by atoms with Crippen LogP contribution in [-0.2, 0) is 4.79 Å². The van der Waals surface area contributed by atoms with Gasteiger partial charge in [0.1, 0.15) is 10.9 Å². The van der Waals surface area contributed by atoms with E-state index in [-0.39, 0.29) is 17.6 Å². The third-order valence-electron chi connectivity index (χ3n) is 4.50. The lowest BCUT2D eigenvalue weighted by Crippen LogP contribution is -2.19. The van der Waals surface area contributed by atoms with Crippen molar-refractivity contribution < 1.29 is 9.59 Å². The molecule has 0 unspecified atom stereocenters. The molecular formula is C24H20N4O2S. The summed E-state index contributed by atoms with van der Waals surface area (Å²) in [6.07, 6.45) is 0. The van der Waals surface area contributed by atoms with Crippen LogP contribution in [0.5, 0.6) is 0 Å². The molecule has 0 saturated heterocycles. The molecule has 154 valence electrons. The number of carbonyl (C=O) groups is 2. The molecule has 3 aromatic carbocycles. The van der Waals surface area contributed by atoms with E-state index < -0.39 is 0 Å². The number of hydrogen-bond acceptors (Lipinski definition) is 5. The van der Waals surface area contributed by atoms with E-state index in [1.807, 2.05) is 61.5 Å². The molecule has 0 aliphatic carbocycles. The Morgan fingerprint density at radius 2 is 1.55 bits per heavy atom. The van der Waals surface area contributed by atoms with Gasteiger partial charge in [0.05, 0.1) is 22.5 Å². The van der Waals surface area contributed by atoms with Gasteiger partial charge in [-0.3, -0.25) is 9.59 Å². The number of nitrogens with one attached hydrogen (secondary N) is 2. The number of anilines is 2. The second kappa shape index (κ2) is 9.40. The van der Waals surface area contributed by atoms with Crippen LogP contribution in [0.4, 0.5) is 11.4 Å². The summed E-state index contributed by atoms with van der Waals surface area (Å²) >= 11 is 1.34. The minimum atomic E-state index is -0.285. The molecule has 6 nitrogen and oxygen atoms in total. The Kier molecular flexibility index (Phi) is 6.24. The van der Waals surface area contributed by atoms with Crippen molar-refractivity contribution in [2.45, 2.75) is 11.9 Å². The first-order chi connectivity index (χ1) is 15.1. The molecule has 1 aromatic heterocycles. The lowest BCUT2D eigenvalue weighted by molar-refractivity contribution is -0.113. The summed E-state index contributed by atoms with van der Waals surface area (Å²) in [6.45, 7) is 1.83. The Morgan fingerprint density at radius 1 is 0.839 bits per heavy atom. The highest BCUT2D eigenvalue weighted by atomic mass is 32.2. The van der Waals surface area contributed by atoms with Crippen LogP contribution in [0.25, 0.3) is 10.9 Å². The van der Waals surface area contributed by atoms with Crippen LogP contribution in [0.1, 0.15) is 16.2 Å². The summed E-state index contributed by atoms with van der Waals surface area (Å²) in [5.74, 6) is 0.316. The van der Waals surface area contributed by atoms with Crippen LogP contribution in [0, 0.1) is 6.92 Å². The van der Waals surface area contributed by atoms with E-state index in [2.05, 4.69) is 20.6 Å². The maximum atomic E-state index is 12.7. The third kappa shape index (κ3) is 5.07. The van der Waals surface area contributed by atoms with Crippen LogP contribution >= 0.6 is 11.8 Å². The lowest BCUT2D eigenvalue weighted by atomic mass is 10.1. The number of hydrogen-bond donors (Lipinski definition) is 2. The Hall–Kier alpha value is -3.71. The molecule has 1 heterocycles. The van der Waals surface area contributed by atoms with Crippen molar-refractivity contribution in [3.63, 3.8) is 0 Å². The zero-order chi connectivity index (χ0) is 21.6. The summed E-state index contributed by atoms with van der Waals surface area (Å²) in [7, 11) is 0. The maximum Gasteiger partial charge on any atom is 0.257 e. The number of aryl methyl sites for hydroxylation is 1. The second-order valence-electron chi connectivity index (χ2n) is 6.80. The normalized spacial score (nSPS) is 10.6. The molecule has 4 rings (SSSR count). The highest BCUT2D eigenvalue weighted by Gasteiger charge is 2.14. The predicted molar refractivity (Wildman–Crippen MR) is 124 cm³/mol. The second-order valence-corrected chi connectivity index (χ2v) is 7.76. The highest BCUT2D eigenvalue weighted by molar-refractivity contribution is 8.00. The van der Waals surface area contributed by atoms with Crippen molar-refractivity contribution in [1.29, 1.82) is 0 Å². The fourth-order valence-electron chi connectivity index (χ4n) is 3.10. The van der Waals surface area contributed by atoms with E-state index in [0.717, 1.165) is 15.9 Å². The number of benzene rings is 3. The minimum Gasteiger partial charge on any atom is -0.325 e. The summed E-state index contributed by atoms with van der Waals surface area (Å²) in [6, 6.07) is 23.8. The van der Waals surface area contributed by atoms with Crippen LogP contribution in [0.3, 0.4) is 0 Å². The number of nitrogens with zero attached hydrogens (tertiary/aromatic N) is 2. The largest absolute Gasteiger partial charge is 0.325 e. The molecule has 0 radical (unpaired) electrons. The zero-order valence-electron chi connectivity index (χ0n) is 16.8. The van der Waals surface area contributed by atoms with Crippen LogP contribution < -0.4 is 10.6 Å². The Morgan fingerprint density at radius 3 is 2.39 bits per heavy atom. The molecule has 2 amide bonds. The molecule has 0 aliphatic heterocycles. The van der Waals surface area contributed by atoms with Crippen LogP contribution in [0.15, 0.2) is 83.9 Å². The molecule has 7 heteroatoms. The van der Waals surface area contributed by atoms with Gasteiger partial charge in [-0.05, 0) is 37.3 Å². The van der Waals surface area contributed by atoms with Gasteiger partial charge in [-0.25, -0.2) is 9.97 Å². The number of amides is 2. The van der Waals surface area contributed by atoms with Crippen molar-refractivity contribution >= 4 is 45.9 Å². The quantitative estimate of drug-likeness (QED) is 0.336. The molecule has 0 atom stereocenters. The molecule has 4 aromatic rings. The van der Waals surface area contributed by atoms with E-state index in [9.17, 15) is 9.59 Å². The molecule has 0 saturated carbocycles. The number of carbonyl (C=O) groups excluding carboxylic acids is 2. The molecule has 0 aliphatic rings. The van der Waals surface area contributed by atoms with Gasteiger partial charge >= 0.3 is 0 Å². The number of aromatic nitrogens is 2. The van der Waals surface area contributed by atoms with E-state index in [4.69, 9.17) is 0 Å². The fraction of sp³-hybridized carbons (Fsp3) is 0.0833. The van der Waals surface area contributed by atoms with Gasteiger partial charge in [0, 0.05) is 11.1 Å². The van der Waals surface area contributed by atoms with Gasteiger partial charge < -0.3 is 10.6 Å². The molecule has 31 heavy (non-hydrogen) atoms. The van der Waals surface area contributed by atoms with Gasteiger partial charge in [-0.2, -0.15) is 0 Å². The first kappa shape index (κ1) is 20.6. The van der Waals surface area contributed by atoms with E-state index in [1.54, 1.807) is 24.3 Å². The van der Waals surface area contributed by atoms with Gasteiger partial charge in [0.2, 0.25) is 5.91 Å². The molecular weight excluding hydrogens is 408 g/mol. The van der Waals surface area contributed by atoms with Crippen LogP contribution in [-0.4, -0.2) is 27.5 Å². The Balaban J connectivity index is 1.46. The molecule has 0 spiro atoms. The van der Waals surface area contributed by atoms with E-state index in [1.165, 1.54) is 11.8 Å². The summed E-state index contributed by atoms with van der Waals surface area (Å²) in [5.41, 5.74) is 2.40. The maximum absolute atomic E-state index is 12.7. The van der Waals surface area contributed by atoms with Gasteiger partial charge in [-0.1, -0.05) is 60.3 Å². The minimum absolute atomic E-state index is 0.162. The average molecular weight is 429 g/mol. The first-order valence-corrected chi connectivity index (χ1v) is 10.7. The van der Waals surface area contributed by atoms with Gasteiger partial charge in [-0.15, -0.1) is 0 Å². The standard InChI is InChI=1S/C24H20N4O2S/c1-16-25-21-14-8-6-12-19(21)24(26-16)31-15-22(29)28-20-13-7-5-11-18(20)23(30)27-17-9-3-2-4-10-17/h2-14H,15H2,1H3,(H,27,30)(H,28,29). The molecule has 0 fully saturated rings. The van der Waals surface area contributed by atoms with Crippen molar-refractivity contribution in [3.8, 4) is 0 Å². The SMILES string of the molecule is Cc1nc(SCC(=O)Nc2ccccc2C(=O)Nc2ccccc2)c2ccccc2n1. The lowest BCUT2D eigenvalue weighted by Gasteiger charge is -2.12. The first-order valence-electron chi connectivity index (χ1n) is 9.71. The Bertz CT molecular complexity index is 1240. The Labute approximate surface area is 184 Å². The van der Waals surface area contributed by atoms with Crippen molar-refractivity contribution in [3.05, 3.63) is 90.3 Å². The van der Waals surface area contributed by atoms with E-state index >= 15 is 0 Å². The summed E-state index contributed by atoms with van der Waals surface area (Å²) in [4.78, 5) is 34.2. The molecule has 2 N–H and O–H groups in total. The number of para-hydroxylation sites is 3. The van der Waals surface area contributed by atoms with E-state index in [0.29, 0.717) is 22.8 Å². The fourth-order valence-corrected chi connectivity index (χ4v) is 3.96. The monoisotopic (exact) mass is 428 g/mol. The topological polar surface area (TPSA) is 84.0 Å². The van der Waals surface area contributed by atoms with Crippen molar-refractivity contribution in [2.75, 3.05) is 16.4 Å². The molecule has 0 bridgehead atoms. The summed E-state index contributed by atoms with van der Waals surface area (Å²) in [5, 5.41) is 7.36. The van der Waals surface area contributed by atoms with Crippen molar-refractivity contribution in [2.24, 2.45) is 0 Å². The number of rotatable bonds is 6. The summed E-state index contributed by atoms with van der Waals surface area (Å²) < 4.78 is 0. The van der Waals surface area contributed by atoms with Crippen LogP contribution in [0.2, 0.25) is 0 Å². The van der Waals surface area contributed by atoms with Crippen molar-refractivity contribution in [1.82, 2.24) is 9.97 Å².